The zero-order valence-electron chi connectivity index (χ0n) is 16.1. The minimum Gasteiger partial charge on any atom is -0.452 e. The topological polar surface area (TPSA) is 108 Å². The van der Waals surface area contributed by atoms with E-state index in [9.17, 15) is 19.2 Å². The Hall–Kier alpha value is -3.99. The summed E-state index contributed by atoms with van der Waals surface area (Å²) >= 11 is 0. The Bertz CT molecular complexity index is 997. The van der Waals surface area contributed by atoms with Crippen molar-refractivity contribution in [2.24, 2.45) is 0 Å². The summed E-state index contributed by atoms with van der Waals surface area (Å²) in [5.41, 5.74) is 1.01. The third-order valence-corrected chi connectivity index (χ3v) is 4.53. The molecule has 0 saturated carbocycles. The molecule has 152 valence electrons. The van der Waals surface area contributed by atoms with Crippen molar-refractivity contribution in [3.63, 3.8) is 0 Å². The summed E-state index contributed by atoms with van der Waals surface area (Å²) in [5, 5.41) is 8.84. The number of nitriles is 1. The molecule has 8 heteroatoms. The molecular formula is C22H19N3O5. The van der Waals surface area contributed by atoms with Gasteiger partial charge in [-0.3, -0.25) is 19.3 Å². The molecule has 30 heavy (non-hydrogen) atoms. The number of carbonyl (C=O) groups excluding carboxylic acids is 4. The molecule has 0 N–H and O–H groups in total. The van der Waals surface area contributed by atoms with Gasteiger partial charge in [-0.1, -0.05) is 24.3 Å². The first-order chi connectivity index (χ1) is 14.5. The molecule has 0 bridgehead atoms. The summed E-state index contributed by atoms with van der Waals surface area (Å²) in [7, 11) is 0. The number of benzene rings is 2. The predicted molar refractivity (Wildman–Crippen MR) is 107 cm³/mol. The summed E-state index contributed by atoms with van der Waals surface area (Å²) < 4.78 is 5.14. The monoisotopic (exact) mass is 405 g/mol. The minimum absolute atomic E-state index is 0.121. The van der Waals surface area contributed by atoms with Crippen LogP contribution < -0.4 is 9.80 Å². The van der Waals surface area contributed by atoms with Gasteiger partial charge in [0.05, 0.1) is 23.7 Å². The summed E-state index contributed by atoms with van der Waals surface area (Å²) in [4.78, 5) is 51.2. The first-order valence-electron chi connectivity index (χ1n) is 9.36. The van der Waals surface area contributed by atoms with Crippen LogP contribution in [0.3, 0.4) is 0 Å². The molecule has 0 aromatic heterocycles. The quantitative estimate of drug-likeness (QED) is 0.517. The van der Waals surface area contributed by atoms with E-state index in [0.717, 1.165) is 4.90 Å². The Labute approximate surface area is 173 Å². The zero-order valence-corrected chi connectivity index (χ0v) is 16.1. The highest BCUT2D eigenvalue weighted by Crippen LogP contribution is 2.23. The lowest BCUT2D eigenvalue weighted by Gasteiger charge is -2.21. The van der Waals surface area contributed by atoms with Crippen molar-refractivity contribution in [2.75, 3.05) is 23.0 Å². The Morgan fingerprint density at radius 1 is 1.03 bits per heavy atom. The van der Waals surface area contributed by atoms with E-state index >= 15 is 0 Å². The lowest BCUT2D eigenvalue weighted by atomic mass is 10.2. The van der Waals surface area contributed by atoms with Gasteiger partial charge in [-0.15, -0.1) is 0 Å². The van der Waals surface area contributed by atoms with Gasteiger partial charge >= 0.3 is 5.97 Å². The third-order valence-electron chi connectivity index (χ3n) is 4.53. The molecule has 0 aliphatic carbocycles. The van der Waals surface area contributed by atoms with E-state index in [-0.39, 0.29) is 43.2 Å². The van der Waals surface area contributed by atoms with Crippen LogP contribution in [0.1, 0.15) is 29.6 Å². The Morgan fingerprint density at radius 2 is 1.73 bits per heavy atom. The van der Waals surface area contributed by atoms with Gasteiger partial charge in [-0.25, -0.2) is 4.79 Å². The maximum Gasteiger partial charge on any atom is 0.338 e. The van der Waals surface area contributed by atoms with E-state index in [1.165, 1.54) is 23.1 Å². The number of esters is 1. The lowest BCUT2D eigenvalue weighted by molar-refractivity contribution is -0.122. The van der Waals surface area contributed by atoms with Gasteiger partial charge in [-0.2, -0.15) is 5.26 Å². The molecule has 0 radical (unpaired) electrons. The van der Waals surface area contributed by atoms with Crippen LogP contribution in [0.15, 0.2) is 54.6 Å². The summed E-state index contributed by atoms with van der Waals surface area (Å²) in [6, 6.07) is 16.7. The third kappa shape index (κ3) is 4.70. The number of carbonyl (C=O) groups is 4. The molecule has 0 spiro atoms. The van der Waals surface area contributed by atoms with E-state index in [0.29, 0.717) is 11.4 Å². The number of nitrogens with zero attached hydrogens (tertiary/aromatic N) is 3. The van der Waals surface area contributed by atoms with Gasteiger partial charge in [0, 0.05) is 25.1 Å². The molecule has 3 rings (SSSR count). The second-order valence-corrected chi connectivity index (χ2v) is 6.54. The van der Waals surface area contributed by atoms with Crippen molar-refractivity contribution < 1.29 is 23.9 Å². The Morgan fingerprint density at radius 3 is 2.40 bits per heavy atom. The molecule has 3 amide bonds. The molecule has 0 unspecified atom stereocenters. The average Bonchev–Trinajstić information content (AvgIpc) is 3.11. The maximum absolute atomic E-state index is 12.6. The van der Waals surface area contributed by atoms with E-state index in [1.807, 2.05) is 6.07 Å². The molecule has 1 aliphatic heterocycles. The van der Waals surface area contributed by atoms with Crippen molar-refractivity contribution in [3.05, 3.63) is 60.2 Å². The largest absolute Gasteiger partial charge is 0.452 e. The number of para-hydroxylation sites is 1. The van der Waals surface area contributed by atoms with Crippen molar-refractivity contribution in [1.82, 2.24) is 0 Å². The SMILES string of the molecule is N#CCCN(C(=O)COC(=O)c1cccc(N2C(=O)CCC2=O)c1)c1ccccc1. The number of hydrogen-bond acceptors (Lipinski definition) is 6. The maximum atomic E-state index is 12.6. The number of hydrogen-bond donors (Lipinski definition) is 0. The number of anilines is 2. The van der Waals surface area contributed by atoms with Crippen LogP contribution in [0.2, 0.25) is 0 Å². The first kappa shape index (κ1) is 20.7. The molecule has 2 aromatic rings. The normalized spacial score (nSPS) is 13.1. The Balaban J connectivity index is 1.68. The van der Waals surface area contributed by atoms with E-state index < -0.39 is 18.5 Å². The second kappa shape index (κ2) is 9.47. The molecule has 1 heterocycles. The van der Waals surface area contributed by atoms with Crippen LogP contribution in [-0.4, -0.2) is 36.8 Å². The van der Waals surface area contributed by atoms with Crippen LogP contribution in [0.4, 0.5) is 11.4 Å². The van der Waals surface area contributed by atoms with Crippen molar-refractivity contribution in [2.45, 2.75) is 19.3 Å². The van der Waals surface area contributed by atoms with Crippen LogP contribution >= 0.6 is 0 Å². The van der Waals surface area contributed by atoms with Crippen LogP contribution in [0.25, 0.3) is 0 Å². The predicted octanol–water partition coefficient (Wildman–Crippen LogP) is 2.44. The van der Waals surface area contributed by atoms with Crippen LogP contribution in [0, 0.1) is 11.3 Å². The van der Waals surface area contributed by atoms with Crippen LogP contribution in [0.5, 0.6) is 0 Å². The summed E-state index contributed by atoms with van der Waals surface area (Å²) in [6.45, 7) is -0.337. The van der Waals surface area contributed by atoms with E-state index in [1.54, 1.807) is 36.4 Å². The fourth-order valence-electron chi connectivity index (χ4n) is 3.09. The Kier molecular flexibility index (Phi) is 6.55. The van der Waals surface area contributed by atoms with Crippen molar-refractivity contribution in [1.29, 1.82) is 5.26 Å². The lowest BCUT2D eigenvalue weighted by Crippen LogP contribution is -2.35. The standard InChI is InChI=1S/C22H19N3O5/c23-12-5-13-24(17-7-2-1-3-8-17)21(28)15-30-22(29)16-6-4-9-18(14-16)25-19(26)10-11-20(25)27/h1-4,6-9,14H,5,10-11,13,15H2. The molecule has 1 fully saturated rings. The van der Waals surface area contributed by atoms with Gasteiger partial charge in [-0.05, 0) is 30.3 Å². The van der Waals surface area contributed by atoms with Crippen molar-refractivity contribution >= 4 is 35.1 Å². The molecule has 1 aliphatic rings. The van der Waals surface area contributed by atoms with E-state index in [4.69, 9.17) is 10.00 Å². The summed E-state index contributed by atoms with van der Waals surface area (Å²) in [5.74, 6) is -1.86. The fourth-order valence-corrected chi connectivity index (χ4v) is 3.09. The zero-order chi connectivity index (χ0) is 21.5. The highest BCUT2D eigenvalue weighted by molar-refractivity contribution is 6.20. The molecule has 8 nitrogen and oxygen atoms in total. The number of amides is 3. The van der Waals surface area contributed by atoms with Gasteiger partial charge in [0.1, 0.15) is 0 Å². The second-order valence-electron chi connectivity index (χ2n) is 6.54. The molecule has 0 atom stereocenters. The van der Waals surface area contributed by atoms with Gasteiger partial charge in [0.25, 0.3) is 5.91 Å². The molecule has 1 saturated heterocycles. The van der Waals surface area contributed by atoms with Gasteiger partial charge < -0.3 is 9.64 Å². The van der Waals surface area contributed by atoms with Crippen molar-refractivity contribution in [3.8, 4) is 6.07 Å². The fraction of sp³-hybridized carbons (Fsp3) is 0.227. The number of imide groups is 1. The number of ether oxygens (including phenoxy) is 1. The van der Waals surface area contributed by atoms with Gasteiger partial charge in [0.15, 0.2) is 6.61 Å². The van der Waals surface area contributed by atoms with Gasteiger partial charge in [0.2, 0.25) is 11.8 Å². The van der Waals surface area contributed by atoms with E-state index in [2.05, 4.69) is 0 Å². The highest BCUT2D eigenvalue weighted by Gasteiger charge is 2.30. The minimum atomic E-state index is -0.752. The average molecular weight is 405 g/mol. The smallest absolute Gasteiger partial charge is 0.338 e. The van der Waals surface area contributed by atoms with Crippen LogP contribution in [-0.2, 0) is 19.1 Å². The summed E-state index contributed by atoms with van der Waals surface area (Å²) in [6.07, 6.45) is 0.411. The molecular weight excluding hydrogens is 386 g/mol. The highest BCUT2D eigenvalue weighted by atomic mass is 16.5. The number of rotatable bonds is 7. The molecule has 2 aromatic carbocycles. The first-order valence-corrected chi connectivity index (χ1v) is 9.36.